The van der Waals surface area contributed by atoms with E-state index in [1.165, 1.54) is 0 Å². The Labute approximate surface area is 95.0 Å². The Kier molecular flexibility index (Phi) is 3.93. The van der Waals surface area contributed by atoms with Crippen LogP contribution in [0.5, 0.6) is 0 Å². The van der Waals surface area contributed by atoms with Crippen LogP contribution in [0.15, 0.2) is 12.4 Å². The molecule has 90 valence electrons. The Morgan fingerprint density at radius 3 is 3.19 bits per heavy atom. The second kappa shape index (κ2) is 5.43. The van der Waals surface area contributed by atoms with Crippen LogP contribution in [-0.2, 0) is 16.0 Å². The van der Waals surface area contributed by atoms with E-state index in [4.69, 9.17) is 9.47 Å². The number of aromatic nitrogens is 2. The second-order valence-corrected chi connectivity index (χ2v) is 3.97. The zero-order valence-corrected chi connectivity index (χ0v) is 9.50. The molecular weight excluding hydrogens is 208 g/mol. The lowest BCUT2D eigenvalue weighted by atomic mass is 10.1. The number of aliphatic hydroxyl groups is 1. The Bertz CT molecular complexity index is 321. The van der Waals surface area contributed by atoms with Crippen molar-refractivity contribution in [2.45, 2.75) is 32.1 Å². The third-order valence-corrected chi connectivity index (χ3v) is 2.64. The van der Waals surface area contributed by atoms with Crippen molar-refractivity contribution in [3.8, 4) is 0 Å². The van der Waals surface area contributed by atoms with Crippen LogP contribution in [0.25, 0.3) is 0 Å². The lowest BCUT2D eigenvalue weighted by Crippen LogP contribution is -2.33. The van der Waals surface area contributed by atoms with Gasteiger partial charge < -0.3 is 14.6 Å². The summed E-state index contributed by atoms with van der Waals surface area (Å²) in [6, 6.07) is 0. The van der Waals surface area contributed by atoms with Gasteiger partial charge in [-0.3, -0.25) is 4.68 Å². The van der Waals surface area contributed by atoms with Crippen LogP contribution >= 0.6 is 0 Å². The summed E-state index contributed by atoms with van der Waals surface area (Å²) in [5, 5.41) is 14.3. The van der Waals surface area contributed by atoms with E-state index in [1.807, 2.05) is 10.9 Å². The van der Waals surface area contributed by atoms with Crippen LogP contribution in [0, 0.1) is 0 Å². The van der Waals surface area contributed by atoms with Crippen LogP contribution in [-0.4, -0.2) is 40.8 Å². The Morgan fingerprint density at radius 1 is 1.62 bits per heavy atom. The van der Waals surface area contributed by atoms with Gasteiger partial charge in [0.2, 0.25) is 0 Å². The van der Waals surface area contributed by atoms with E-state index in [0.717, 1.165) is 18.5 Å². The van der Waals surface area contributed by atoms with Gasteiger partial charge >= 0.3 is 0 Å². The molecule has 1 saturated heterocycles. The number of ether oxygens (including phenoxy) is 2. The Morgan fingerprint density at radius 2 is 2.50 bits per heavy atom. The molecule has 1 aromatic rings. The van der Waals surface area contributed by atoms with Crippen molar-refractivity contribution >= 4 is 0 Å². The molecule has 16 heavy (non-hydrogen) atoms. The van der Waals surface area contributed by atoms with E-state index in [0.29, 0.717) is 19.8 Å². The zero-order chi connectivity index (χ0) is 11.4. The van der Waals surface area contributed by atoms with Crippen LogP contribution in [0.1, 0.15) is 25.0 Å². The molecule has 2 atom stereocenters. The Hall–Kier alpha value is -0.910. The maximum Gasteiger partial charge on any atom is 0.111 e. The van der Waals surface area contributed by atoms with Gasteiger partial charge in [-0.25, -0.2) is 0 Å². The molecule has 5 nitrogen and oxygen atoms in total. The van der Waals surface area contributed by atoms with Gasteiger partial charge in [-0.2, -0.15) is 5.10 Å². The maximum absolute atomic E-state index is 10.1. The van der Waals surface area contributed by atoms with Crippen molar-refractivity contribution in [3.05, 3.63) is 18.0 Å². The number of rotatable bonds is 4. The van der Waals surface area contributed by atoms with Crippen LogP contribution in [0.2, 0.25) is 0 Å². The molecule has 2 rings (SSSR count). The fourth-order valence-corrected chi connectivity index (χ4v) is 1.79. The van der Waals surface area contributed by atoms with Crippen molar-refractivity contribution in [1.29, 1.82) is 0 Å². The van der Waals surface area contributed by atoms with Gasteiger partial charge in [0.1, 0.15) is 12.2 Å². The topological polar surface area (TPSA) is 56.5 Å². The molecule has 1 N–H and O–H groups in total. The SMILES string of the molecule is CCCn1cc(C(O)C2COCCO2)cn1. The van der Waals surface area contributed by atoms with Crippen molar-refractivity contribution < 1.29 is 14.6 Å². The summed E-state index contributed by atoms with van der Waals surface area (Å²) < 4.78 is 12.6. The monoisotopic (exact) mass is 226 g/mol. The molecule has 5 heteroatoms. The fourth-order valence-electron chi connectivity index (χ4n) is 1.79. The predicted octanol–water partition coefficient (Wildman–Crippen LogP) is 0.742. The first-order valence-electron chi connectivity index (χ1n) is 5.71. The first kappa shape index (κ1) is 11.6. The summed E-state index contributed by atoms with van der Waals surface area (Å²) in [4.78, 5) is 0. The van der Waals surface area contributed by atoms with Crippen molar-refractivity contribution in [1.82, 2.24) is 9.78 Å². The van der Waals surface area contributed by atoms with Crippen molar-refractivity contribution in [3.63, 3.8) is 0 Å². The van der Waals surface area contributed by atoms with E-state index in [-0.39, 0.29) is 6.10 Å². The fraction of sp³-hybridized carbons (Fsp3) is 0.727. The first-order chi connectivity index (χ1) is 7.81. The van der Waals surface area contributed by atoms with E-state index in [1.54, 1.807) is 6.20 Å². The highest BCUT2D eigenvalue weighted by atomic mass is 16.6. The molecule has 0 spiro atoms. The van der Waals surface area contributed by atoms with E-state index < -0.39 is 6.10 Å². The summed E-state index contributed by atoms with van der Waals surface area (Å²) in [5.74, 6) is 0. The van der Waals surface area contributed by atoms with Gasteiger partial charge in [0.05, 0.1) is 26.0 Å². The van der Waals surface area contributed by atoms with E-state index >= 15 is 0 Å². The molecule has 1 aliphatic heterocycles. The molecule has 0 bridgehead atoms. The minimum atomic E-state index is -0.647. The number of nitrogens with zero attached hydrogens (tertiary/aromatic N) is 2. The highest BCUT2D eigenvalue weighted by molar-refractivity contribution is 5.10. The normalized spacial score (nSPS) is 23.2. The van der Waals surface area contributed by atoms with E-state index in [2.05, 4.69) is 12.0 Å². The number of hydrogen-bond acceptors (Lipinski definition) is 4. The van der Waals surface area contributed by atoms with Crippen LogP contribution in [0.4, 0.5) is 0 Å². The molecule has 1 aliphatic rings. The third kappa shape index (κ3) is 2.61. The second-order valence-electron chi connectivity index (χ2n) is 3.97. The average molecular weight is 226 g/mol. The minimum Gasteiger partial charge on any atom is -0.385 e. The van der Waals surface area contributed by atoms with Crippen molar-refractivity contribution in [2.75, 3.05) is 19.8 Å². The van der Waals surface area contributed by atoms with Gasteiger partial charge in [-0.1, -0.05) is 6.92 Å². The highest BCUT2D eigenvalue weighted by Gasteiger charge is 2.25. The van der Waals surface area contributed by atoms with E-state index in [9.17, 15) is 5.11 Å². The molecular formula is C11H18N2O3. The average Bonchev–Trinajstić information content (AvgIpc) is 2.78. The van der Waals surface area contributed by atoms with Gasteiger partial charge in [0.25, 0.3) is 0 Å². The molecule has 0 saturated carbocycles. The highest BCUT2D eigenvalue weighted by Crippen LogP contribution is 2.20. The maximum atomic E-state index is 10.1. The van der Waals surface area contributed by atoms with Crippen LogP contribution < -0.4 is 0 Å². The van der Waals surface area contributed by atoms with Gasteiger partial charge in [-0.05, 0) is 6.42 Å². The summed E-state index contributed by atoms with van der Waals surface area (Å²) in [7, 11) is 0. The molecule has 0 aliphatic carbocycles. The molecule has 1 fully saturated rings. The summed E-state index contributed by atoms with van der Waals surface area (Å²) in [5.41, 5.74) is 0.795. The lowest BCUT2D eigenvalue weighted by molar-refractivity contribution is -0.133. The summed E-state index contributed by atoms with van der Waals surface area (Å²) in [6.45, 7) is 4.56. The Balaban J connectivity index is 1.98. The smallest absolute Gasteiger partial charge is 0.111 e. The molecule has 1 aromatic heterocycles. The van der Waals surface area contributed by atoms with Gasteiger partial charge in [-0.15, -0.1) is 0 Å². The van der Waals surface area contributed by atoms with Gasteiger partial charge in [0, 0.05) is 18.3 Å². The molecule has 0 radical (unpaired) electrons. The molecule has 2 unspecified atom stereocenters. The first-order valence-corrected chi connectivity index (χ1v) is 5.71. The standard InChI is InChI=1S/C11H18N2O3/c1-2-3-13-7-9(6-12-13)11(14)10-8-15-4-5-16-10/h6-7,10-11,14H,2-5,8H2,1H3. The lowest BCUT2D eigenvalue weighted by Gasteiger charge is -2.26. The quantitative estimate of drug-likeness (QED) is 0.822. The largest absolute Gasteiger partial charge is 0.385 e. The minimum absolute atomic E-state index is 0.270. The summed E-state index contributed by atoms with van der Waals surface area (Å²) in [6.07, 6.45) is 3.67. The third-order valence-electron chi connectivity index (χ3n) is 2.64. The molecule has 0 amide bonds. The molecule has 2 heterocycles. The number of hydrogen-bond donors (Lipinski definition) is 1. The number of aliphatic hydroxyl groups excluding tert-OH is 1. The number of aryl methyl sites for hydroxylation is 1. The zero-order valence-electron chi connectivity index (χ0n) is 9.50. The van der Waals surface area contributed by atoms with Crippen LogP contribution in [0.3, 0.4) is 0 Å². The summed E-state index contributed by atoms with van der Waals surface area (Å²) >= 11 is 0. The molecule has 0 aromatic carbocycles. The van der Waals surface area contributed by atoms with Gasteiger partial charge in [0.15, 0.2) is 0 Å². The van der Waals surface area contributed by atoms with Crippen molar-refractivity contribution in [2.24, 2.45) is 0 Å². The predicted molar refractivity (Wildman–Crippen MR) is 58.0 cm³/mol.